The molecule has 30 heavy (non-hydrogen) atoms. The standard InChI is InChI=1S/C21H24N6O3/c28-18-5-4-17(19(29)25-18)26-10-15-3-2-14(8-16(15)20(26)30)9-22-11-21(12-23-13-21)27-7-1-6-24-27/h1-3,6-8,17,22-23H,4-5,9-13H2,(H,25,28,29). The molecule has 0 aliphatic carbocycles. The van der Waals surface area contributed by atoms with E-state index in [1.54, 1.807) is 11.1 Å². The van der Waals surface area contributed by atoms with Crippen LogP contribution in [0.5, 0.6) is 0 Å². The van der Waals surface area contributed by atoms with Crippen molar-refractivity contribution in [3.8, 4) is 0 Å². The second kappa shape index (κ2) is 7.33. The van der Waals surface area contributed by atoms with Crippen LogP contribution in [-0.4, -0.2) is 58.1 Å². The minimum absolute atomic E-state index is 0.0569. The smallest absolute Gasteiger partial charge is 0.255 e. The maximum Gasteiger partial charge on any atom is 0.255 e. The summed E-state index contributed by atoms with van der Waals surface area (Å²) in [5.74, 6) is -0.798. The number of hydrogen-bond acceptors (Lipinski definition) is 6. The van der Waals surface area contributed by atoms with Crippen LogP contribution in [-0.2, 0) is 28.2 Å². The highest BCUT2D eigenvalue weighted by molar-refractivity contribution is 6.05. The molecule has 0 bridgehead atoms. The number of nitrogens with one attached hydrogen (secondary N) is 3. The summed E-state index contributed by atoms with van der Waals surface area (Å²) < 4.78 is 2.00. The van der Waals surface area contributed by atoms with E-state index < -0.39 is 6.04 Å². The third kappa shape index (κ3) is 3.20. The molecular weight excluding hydrogens is 384 g/mol. The summed E-state index contributed by atoms with van der Waals surface area (Å²) in [5.41, 5.74) is 2.53. The van der Waals surface area contributed by atoms with E-state index in [9.17, 15) is 14.4 Å². The van der Waals surface area contributed by atoms with Crippen molar-refractivity contribution in [2.24, 2.45) is 0 Å². The number of amides is 3. The molecule has 0 saturated carbocycles. The number of rotatable bonds is 6. The number of imide groups is 1. The van der Waals surface area contributed by atoms with Gasteiger partial charge in [0.1, 0.15) is 6.04 Å². The van der Waals surface area contributed by atoms with Crippen LogP contribution in [0, 0.1) is 0 Å². The summed E-state index contributed by atoms with van der Waals surface area (Å²) in [6.45, 7) is 3.55. The topological polar surface area (TPSA) is 108 Å². The molecule has 3 aliphatic rings. The minimum atomic E-state index is -0.579. The molecule has 5 rings (SSSR count). The van der Waals surface area contributed by atoms with Crippen LogP contribution in [0.15, 0.2) is 36.7 Å². The van der Waals surface area contributed by atoms with E-state index in [2.05, 4.69) is 21.0 Å². The van der Waals surface area contributed by atoms with E-state index in [0.717, 1.165) is 30.8 Å². The number of carbonyl (C=O) groups excluding carboxylic acids is 3. The zero-order valence-corrected chi connectivity index (χ0v) is 16.6. The van der Waals surface area contributed by atoms with E-state index in [4.69, 9.17) is 0 Å². The van der Waals surface area contributed by atoms with Gasteiger partial charge in [-0.2, -0.15) is 5.10 Å². The van der Waals surface area contributed by atoms with Gasteiger partial charge in [-0.15, -0.1) is 0 Å². The molecule has 9 nitrogen and oxygen atoms in total. The molecular formula is C21H24N6O3. The molecule has 3 aliphatic heterocycles. The summed E-state index contributed by atoms with van der Waals surface area (Å²) >= 11 is 0. The highest BCUT2D eigenvalue weighted by Gasteiger charge is 2.40. The molecule has 3 N–H and O–H groups in total. The van der Waals surface area contributed by atoms with Crippen molar-refractivity contribution < 1.29 is 14.4 Å². The zero-order valence-electron chi connectivity index (χ0n) is 16.6. The van der Waals surface area contributed by atoms with Crippen LogP contribution >= 0.6 is 0 Å². The second-order valence-electron chi connectivity index (χ2n) is 8.27. The predicted molar refractivity (Wildman–Crippen MR) is 107 cm³/mol. The van der Waals surface area contributed by atoms with E-state index in [1.807, 2.05) is 35.1 Å². The molecule has 4 heterocycles. The SMILES string of the molecule is O=C1CCC(N2Cc3ccc(CNCC4(n5cccn5)CNC4)cc3C2=O)C(=O)N1. The van der Waals surface area contributed by atoms with Crippen LogP contribution in [0.3, 0.4) is 0 Å². The molecule has 156 valence electrons. The number of fused-ring (bicyclic) bond motifs is 1. The van der Waals surface area contributed by atoms with Crippen molar-refractivity contribution >= 4 is 17.7 Å². The van der Waals surface area contributed by atoms with Crippen LogP contribution < -0.4 is 16.0 Å². The van der Waals surface area contributed by atoms with Gasteiger partial charge in [0.25, 0.3) is 5.91 Å². The Labute approximate surface area is 173 Å². The molecule has 9 heteroatoms. The lowest BCUT2D eigenvalue weighted by Crippen LogP contribution is -2.65. The van der Waals surface area contributed by atoms with Crippen molar-refractivity contribution in [2.45, 2.75) is 37.5 Å². The first kappa shape index (κ1) is 19.0. The Bertz CT molecular complexity index is 998. The summed E-state index contributed by atoms with van der Waals surface area (Å²) in [6.07, 6.45) is 4.42. The quantitative estimate of drug-likeness (QED) is 0.568. The molecule has 1 unspecified atom stereocenters. The van der Waals surface area contributed by atoms with Gasteiger partial charge in [-0.05, 0) is 29.7 Å². The van der Waals surface area contributed by atoms with Crippen LogP contribution in [0.4, 0.5) is 0 Å². The van der Waals surface area contributed by atoms with Gasteiger partial charge in [0.05, 0.1) is 5.54 Å². The predicted octanol–water partition coefficient (Wildman–Crippen LogP) is -0.268. The summed E-state index contributed by atoms with van der Waals surface area (Å²) in [7, 11) is 0. The van der Waals surface area contributed by atoms with Gasteiger partial charge < -0.3 is 15.5 Å². The number of piperidine rings is 1. The van der Waals surface area contributed by atoms with Gasteiger partial charge in [0.2, 0.25) is 11.8 Å². The largest absolute Gasteiger partial charge is 0.322 e. The van der Waals surface area contributed by atoms with Gasteiger partial charge in [0.15, 0.2) is 0 Å². The van der Waals surface area contributed by atoms with Crippen LogP contribution in [0.1, 0.15) is 34.3 Å². The van der Waals surface area contributed by atoms with Gasteiger partial charge in [-0.3, -0.25) is 24.4 Å². The first-order chi connectivity index (χ1) is 14.6. The van der Waals surface area contributed by atoms with Gasteiger partial charge in [0, 0.05) is 57.1 Å². The highest BCUT2D eigenvalue weighted by atomic mass is 16.2. The minimum Gasteiger partial charge on any atom is -0.322 e. The van der Waals surface area contributed by atoms with Crippen molar-refractivity contribution in [3.05, 3.63) is 53.3 Å². The molecule has 1 aromatic carbocycles. The van der Waals surface area contributed by atoms with E-state index in [0.29, 0.717) is 25.1 Å². The molecule has 0 spiro atoms. The summed E-state index contributed by atoms with van der Waals surface area (Å²) in [5, 5.41) is 13.5. The molecule has 1 aromatic heterocycles. The van der Waals surface area contributed by atoms with Gasteiger partial charge in [-0.25, -0.2) is 0 Å². The Morgan fingerprint density at radius 2 is 2.10 bits per heavy atom. The van der Waals surface area contributed by atoms with E-state index in [-0.39, 0.29) is 29.7 Å². The normalized spacial score (nSPS) is 22.6. The Hall–Kier alpha value is -3.04. The molecule has 2 saturated heterocycles. The van der Waals surface area contributed by atoms with Gasteiger partial charge in [-0.1, -0.05) is 12.1 Å². The maximum absolute atomic E-state index is 12.9. The fourth-order valence-corrected chi connectivity index (χ4v) is 4.48. The van der Waals surface area contributed by atoms with E-state index >= 15 is 0 Å². The average molecular weight is 408 g/mol. The molecule has 0 radical (unpaired) electrons. The third-order valence-corrected chi connectivity index (χ3v) is 6.27. The number of carbonyl (C=O) groups is 3. The first-order valence-electron chi connectivity index (χ1n) is 10.2. The summed E-state index contributed by atoms with van der Waals surface area (Å²) in [4.78, 5) is 38.1. The zero-order chi connectivity index (χ0) is 20.7. The van der Waals surface area contributed by atoms with Crippen molar-refractivity contribution in [1.82, 2.24) is 30.6 Å². The number of benzene rings is 1. The van der Waals surface area contributed by atoms with Crippen molar-refractivity contribution in [2.75, 3.05) is 19.6 Å². The third-order valence-electron chi connectivity index (χ3n) is 6.27. The highest BCUT2D eigenvalue weighted by Crippen LogP contribution is 2.28. The Morgan fingerprint density at radius 1 is 1.23 bits per heavy atom. The Kier molecular flexibility index (Phi) is 4.63. The maximum atomic E-state index is 12.9. The lowest BCUT2D eigenvalue weighted by Gasteiger charge is -2.43. The van der Waals surface area contributed by atoms with Crippen LogP contribution in [0.25, 0.3) is 0 Å². The molecule has 1 atom stereocenters. The van der Waals surface area contributed by atoms with Crippen molar-refractivity contribution in [1.29, 1.82) is 0 Å². The monoisotopic (exact) mass is 408 g/mol. The second-order valence-corrected chi connectivity index (χ2v) is 8.27. The lowest BCUT2D eigenvalue weighted by molar-refractivity contribution is -0.136. The number of aromatic nitrogens is 2. The molecule has 2 fully saturated rings. The number of hydrogen-bond donors (Lipinski definition) is 3. The average Bonchev–Trinajstić information content (AvgIpc) is 3.33. The van der Waals surface area contributed by atoms with Crippen molar-refractivity contribution in [3.63, 3.8) is 0 Å². The van der Waals surface area contributed by atoms with Gasteiger partial charge >= 0.3 is 0 Å². The Balaban J connectivity index is 1.24. The first-order valence-corrected chi connectivity index (χ1v) is 10.2. The van der Waals surface area contributed by atoms with Crippen LogP contribution in [0.2, 0.25) is 0 Å². The number of nitrogens with zero attached hydrogens (tertiary/aromatic N) is 3. The lowest BCUT2D eigenvalue weighted by atomic mass is 9.92. The fraction of sp³-hybridized carbons (Fsp3) is 0.429. The molecule has 3 amide bonds. The molecule has 2 aromatic rings. The Morgan fingerprint density at radius 3 is 2.80 bits per heavy atom. The van der Waals surface area contributed by atoms with E-state index in [1.165, 1.54) is 0 Å². The summed E-state index contributed by atoms with van der Waals surface area (Å²) in [6, 6.07) is 7.25. The fourth-order valence-electron chi connectivity index (χ4n) is 4.48.